The van der Waals surface area contributed by atoms with E-state index < -0.39 is 18.0 Å². The summed E-state index contributed by atoms with van der Waals surface area (Å²) in [6.45, 7) is 3.50. The molecule has 2 aliphatic heterocycles. The van der Waals surface area contributed by atoms with Crippen LogP contribution in [0.25, 0.3) is 10.4 Å². The highest BCUT2D eigenvalue weighted by atomic mass is 127. The van der Waals surface area contributed by atoms with Gasteiger partial charge in [-0.05, 0) is 58.5 Å². The van der Waals surface area contributed by atoms with Crippen LogP contribution < -0.4 is 15.1 Å². The summed E-state index contributed by atoms with van der Waals surface area (Å²) in [5.74, 6) is -0.842. The number of piperazine rings is 1. The van der Waals surface area contributed by atoms with Gasteiger partial charge < -0.3 is 19.9 Å². The van der Waals surface area contributed by atoms with Crippen molar-refractivity contribution >= 4 is 57.6 Å². The molecule has 0 radical (unpaired) electrons. The maximum Gasteiger partial charge on any atom is 0.414 e. The van der Waals surface area contributed by atoms with E-state index in [9.17, 15) is 14.4 Å². The van der Waals surface area contributed by atoms with Gasteiger partial charge in [-0.15, -0.1) is 0 Å². The fourth-order valence-corrected chi connectivity index (χ4v) is 4.74. The molecule has 0 bridgehead atoms. The molecular formula is C23H23FIN7O4. The molecule has 36 heavy (non-hydrogen) atoms. The third-order valence-corrected chi connectivity index (χ3v) is 6.81. The van der Waals surface area contributed by atoms with E-state index >= 15 is 4.39 Å². The number of azide groups is 1. The number of anilines is 2. The summed E-state index contributed by atoms with van der Waals surface area (Å²) < 4.78 is 21.0. The van der Waals surface area contributed by atoms with Crippen molar-refractivity contribution in [3.63, 3.8) is 0 Å². The van der Waals surface area contributed by atoms with Crippen molar-refractivity contribution in [2.24, 2.45) is 5.11 Å². The van der Waals surface area contributed by atoms with Crippen molar-refractivity contribution in [1.82, 2.24) is 10.2 Å². The zero-order valence-corrected chi connectivity index (χ0v) is 21.5. The lowest BCUT2D eigenvalue weighted by atomic mass is 10.1. The summed E-state index contributed by atoms with van der Waals surface area (Å²) in [4.78, 5) is 43.9. The van der Waals surface area contributed by atoms with Crippen LogP contribution in [-0.2, 0) is 9.53 Å². The molecule has 0 saturated carbocycles. The van der Waals surface area contributed by atoms with Gasteiger partial charge in [0.25, 0.3) is 5.91 Å². The molecule has 2 aromatic carbocycles. The second-order valence-corrected chi connectivity index (χ2v) is 9.49. The molecule has 11 nitrogen and oxygen atoms in total. The minimum Gasteiger partial charge on any atom is -0.442 e. The van der Waals surface area contributed by atoms with E-state index in [2.05, 4.69) is 15.3 Å². The Kier molecular flexibility index (Phi) is 7.79. The largest absolute Gasteiger partial charge is 0.442 e. The number of benzene rings is 2. The van der Waals surface area contributed by atoms with Crippen molar-refractivity contribution in [3.8, 4) is 0 Å². The molecule has 2 fully saturated rings. The predicted octanol–water partition coefficient (Wildman–Crippen LogP) is 3.80. The molecule has 3 amide bonds. The number of ether oxygens (including phenoxy) is 1. The van der Waals surface area contributed by atoms with Crippen molar-refractivity contribution in [2.45, 2.75) is 13.0 Å². The van der Waals surface area contributed by atoms with Crippen molar-refractivity contribution in [1.29, 1.82) is 0 Å². The number of carbonyl (C=O) groups is 3. The molecule has 2 aliphatic rings. The molecule has 2 heterocycles. The minimum atomic E-state index is -0.591. The molecule has 4 rings (SSSR count). The number of hydrogen-bond acceptors (Lipinski definition) is 6. The van der Waals surface area contributed by atoms with Crippen LogP contribution in [0, 0.1) is 9.39 Å². The van der Waals surface area contributed by atoms with Crippen LogP contribution in [0.1, 0.15) is 17.3 Å². The molecule has 13 heteroatoms. The summed E-state index contributed by atoms with van der Waals surface area (Å²) in [6.07, 6.45) is -1.10. The van der Waals surface area contributed by atoms with Crippen LogP contribution in [0.4, 0.5) is 26.2 Å². The van der Waals surface area contributed by atoms with Crippen LogP contribution in [-0.4, -0.2) is 68.2 Å². The van der Waals surface area contributed by atoms with Gasteiger partial charge in [0, 0.05) is 47.1 Å². The Morgan fingerprint density at radius 3 is 2.61 bits per heavy atom. The fourth-order valence-electron chi connectivity index (χ4n) is 4.12. The zero-order valence-electron chi connectivity index (χ0n) is 19.4. The molecule has 2 saturated heterocycles. The lowest BCUT2D eigenvalue weighted by molar-refractivity contribution is -0.119. The van der Waals surface area contributed by atoms with E-state index in [1.165, 1.54) is 17.9 Å². The topological polar surface area (TPSA) is 131 Å². The smallest absolute Gasteiger partial charge is 0.414 e. The lowest BCUT2D eigenvalue weighted by Crippen LogP contribution is -2.49. The number of cyclic esters (lactones) is 1. The first kappa shape index (κ1) is 25.5. The SMILES string of the molecule is CC(=O)NCC1CN(c2ccc(N3CCN(C(=O)c4ccc(N=[N+]=[N-])c(I)c4)CC3)c(F)c2)C(=O)O1. The van der Waals surface area contributed by atoms with E-state index in [-0.39, 0.29) is 24.9 Å². The predicted molar refractivity (Wildman–Crippen MR) is 139 cm³/mol. The number of hydrogen-bond donors (Lipinski definition) is 1. The van der Waals surface area contributed by atoms with Crippen molar-refractivity contribution < 1.29 is 23.5 Å². The number of amides is 3. The maximum atomic E-state index is 15.0. The number of carbonyl (C=O) groups excluding carboxylic acids is 3. The monoisotopic (exact) mass is 607 g/mol. The Morgan fingerprint density at radius 2 is 1.97 bits per heavy atom. The highest BCUT2D eigenvalue weighted by Gasteiger charge is 2.33. The van der Waals surface area contributed by atoms with E-state index in [1.807, 2.05) is 27.5 Å². The average Bonchev–Trinajstić information content (AvgIpc) is 3.24. The van der Waals surface area contributed by atoms with Gasteiger partial charge in [-0.2, -0.15) is 0 Å². The van der Waals surface area contributed by atoms with E-state index in [0.29, 0.717) is 52.4 Å². The molecule has 0 spiro atoms. The van der Waals surface area contributed by atoms with E-state index in [1.54, 1.807) is 35.2 Å². The van der Waals surface area contributed by atoms with Crippen molar-refractivity contribution in [3.05, 3.63) is 61.8 Å². The molecule has 1 atom stereocenters. The van der Waals surface area contributed by atoms with Gasteiger partial charge >= 0.3 is 6.09 Å². The van der Waals surface area contributed by atoms with Gasteiger partial charge in [0.1, 0.15) is 11.9 Å². The molecule has 0 aliphatic carbocycles. The molecule has 1 unspecified atom stereocenters. The van der Waals surface area contributed by atoms with E-state index in [4.69, 9.17) is 10.3 Å². The Balaban J connectivity index is 1.37. The van der Waals surface area contributed by atoms with E-state index in [0.717, 1.165) is 0 Å². The summed E-state index contributed by atoms with van der Waals surface area (Å²) >= 11 is 2.02. The number of halogens is 2. The van der Waals surface area contributed by atoms with Crippen LogP contribution >= 0.6 is 22.6 Å². The van der Waals surface area contributed by atoms with Gasteiger partial charge in [-0.1, -0.05) is 11.2 Å². The second kappa shape index (κ2) is 11.0. The first-order chi connectivity index (χ1) is 17.3. The highest BCUT2D eigenvalue weighted by Crippen LogP contribution is 2.29. The summed E-state index contributed by atoms with van der Waals surface area (Å²) in [6, 6.07) is 9.49. The third kappa shape index (κ3) is 5.62. The Hall–Kier alpha value is -3.58. The number of nitrogens with one attached hydrogen (secondary N) is 1. The van der Waals surface area contributed by atoms with Crippen molar-refractivity contribution in [2.75, 3.05) is 49.1 Å². The lowest BCUT2D eigenvalue weighted by Gasteiger charge is -2.36. The quantitative estimate of drug-likeness (QED) is 0.231. The molecule has 188 valence electrons. The first-order valence-electron chi connectivity index (χ1n) is 11.2. The third-order valence-electron chi connectivity index (χ3n) is 5.95. The minimum absolute atomic E-state index is 0.141. The summed E-state index contributed by atoms with van der Waals surface area (Å²) in [5.41, 5.74) is 10.3. The van der Waals surface area contributed by atoms with Crippen LogP contribution in [0.5, 0.6) is 0 Å². The van der Waals surface area contributed by atoms with Crippen LogP contribution in [0.15, 0.2) is 41.5 Å². The Labute approximate surface area is 219 Å². The van der Waals surface area contributed by atoms with Gasteiger partial charge in [-0.3, -0.25) is 14.5 Å². The van der Waals surface area contributed by atoms with Crippen LogP contribution in [0.2, 0.25) is 0 Å². The van der Waals surface area contributed by atoms with Crippen LogP contribution in [0.3, 0.4) is 0 Å². The molecule has 2 aromatic rings. The Bertz CT molecular complexity index is 1240. The number of nitrogens with zero attached hydrogens (tertiary/aromatic N) is 6. The standard InChI is InChI=1S/C23H23FIN7O4/c1-14(33)27-12-17-13-32(23(35)36-17)16-3-5-21(18(24)11-16)30-6-8-31(9-7-30)22(34)15-2-4-20(28-29-26)19(25)10-15/h2-5,10-11,17H,6-9,12-13H2,1H3,(H,27,33). The fraction of sp³-hybridized carbons (Fsp3) is 0.348. The summed E-state index contributed by atoms with van der Waals surface area (Å²) in [7, 11) is 0. The normalized spacial score (nSPS) is 17.5. The molecule has 0 aromatic heterocycles. The zero-order chi connectivity index (χ0) is 25.8. The second-order valence-electron chi connectivity index (χ2n) is 8.32. The van der Waals surface area contributed by atoms with Gasteiger partial charge in [0.05, 0.1) is 30.2 Å². The van der Waals surface area contributed by atoms with Gasteiger partial charge in [-0.25, -0.2) is 9.18 Å². The highest BCUT2D eigenvalue weighted by molar-refractivity contribution is 14.1. The Morgan fingerprint density at radius 1 is 1.22 bits per heavy atom. The van der Waals surface area contributed by atoms with Gasteiger partial charge in [0.2, 0.25) is 5.91 Å². The molecular weight excluding hydrogens is 584 g/mol. The summed E-state index contributed by atoms with van der Waals surface area (Å²) in [5, 5.41) is 6.19. The number of rotatable bonds is 6. The van der Waals surface area contributed by atoms with Gasteiger partial charge in [0.15, 0.2) is 0 Å². The average molecular weight is 607 g/mol. The maximum absolute atomic E-state index is 15.0. The molecule has 1 N–H and O–H groups in total. The first-order valence-corrected chi connectivity index (χ1v) is 12.3.